The highest BCUT2D eigenvalue weighted by atomic mass is 15.4. The molecule has 1 aliphatic rings. The maximum Gasteiger partial charge on any atom is 0.0711 e. The first-order chi connectivity index (χ1) is 3.70. The van der Waals surface area contributed by atoms with Crippen molar-refractivity contribution < 1.29 is 0 Å². The summed E-state index contributed by atoms with van der Waals surface area (Å²) in [5.41, 5.74) is 5.65. The predicted molar refractivity (Wildman–Crippen MR) is 33.2 cm³/mol. The third-order valence-electron chi connectivity index (χ3n) is 1.53. The number of nitrogens with zero attached hydrogens (tertiary/aromatic N) is 2. The maximum atomic E-state index is 5.65. The predicted octanol–water partition coefficient (Wildman–Crippen LogP) is -0.894. The van der Waals surface area contributed by atoms with Crippen molar-refractivity contribution in [2.24, 2.45) is 5.73 Å². The lowest BCUT2D eigenvalue weighted by Crippen LogP contribution is -2.34. The second-order valence-corrected chi connectivity index (χ2v) is 2.50. The van der Waals surface area contributed by atoms with Crippen LogP contribution in [0, 0.1) is 0 Å². The molecule has 1 atom stereocenters. The highest BCUT2D eigenvalue weighted by Crippen LogP contribution is 2.01. The Bertz CT molecular complexity index is 73.7. The molecule has 0 aromatic rings. The summed E-state index contributed by atoms with van der Waals surface area (Å²) in [5, 5.41) is 0. The number of likely N-dealkylation sites (N-methyl/N-ethyl adjacent to an activating group) is 2. The third-order valence-corrected chi connectivity index (χ3v) is 1.53. The van der Waals surface area contributed by atoms with Crippen LogP contribution in [0.3, 0.4) is 0 Å². The molecule has 0 amide bonds. The molecule has 1 unspecified atom stereocenters. The molecular weight excluding hydrogens is 102 g/mol. The van der Waals surface area contributed by atoms with Crippen molar-refractivity contribution in [3.63, 3.8) is 0 Å². The molecule has 8 heavy (non-hydrogen) atoms. The minimum Gasteiger partial charge on any atom is -0.315 e. The summed E-state index contributed by atoms with van der Waals surface area (Å²) < 4.78 is 0. The normalized spacial score (nSPS) is 34.1. The van der Waals surface area contributed by atoms with Gasteiger partial charge in [0.1, 0.15) is 0 Å². The summed E-state index contributed by atoms with van der Waals surface area (Å²) in [5.74, 6) is 0. The minimum atomic E-state index is 0.250. The Labute approximate surface area is 50.1 Å². The summed E-state index contributed by atoms with van der Waals surface area (Å²) in [6, 6.07) is 0. The first-order valence-electron chi connectivity index (χ1n) is 2.84. The van der Waals surface area contributed by atoms with Crippen LogP contribution in [0.25, 0.3) is 0 Å². The van der Waals surface area contributed by atoms with Crippen molar-refractivity contribution in [1.29, 1.82) is 0 Å². The summed E-state index contributed by atoms with van der Waals surface area (Å²) in [4.78, 5) is 4.32. The van der Waals surface area contributed by atoms with Crippen LogP contribution in [0.15, 0.2) is 0 Å². The molecule has 0 saturated carbocycles. The van der Waals surface area contributed by atoms with Gasteiger partial charge in [0.15, 0.2) is 0 Å². The molecule has 1 heterocycles. The largest absolute Gasteiger partial charge is 0.315 e. The summed E-state index contributed by atoms with van der Waals surface area (Å²) in [6.45, 7) is 2.00. The zero-order valence-corrected chi connectivity index (χ0v) is 5.46. The van der Waals surface area contributed by atoms with Crippen molar-refractivity contribution in [1.82, 2.24) is 9.80 Å². The van der Waals surface area contributed by atoms with Gasteiger partial charge < -0.3 is 5.73 Å². The van der Waals surface area contributed by atoms with E-state index >= 15 is 0 Å². The topological polar surface area (TPSA) is 32.5 Å². The minimum absolute atomic E-state index is 0.250. The highest BCUT2D eigenvalue weighted by molar-refractivity contribution is 4.71. The van der Waals surface area contributed by atoms with E-state index in [-0.39, 0.29) is 6.17 Å². The van der Waals surface area contributed by atoms with E-state index in [4.69, 9.17) is 5.73 Å². The fourth-order valence-electron chi connectivity index (χ4n) is 1.00. The van der Waals surface area contributed by atoms with Gasteiger partial charge in [0.2, 0.25) is 0 Å². The summed E-state index contributed by atoms with van der Waals surface area (Å²) in [7, 11) is 4.11. The Morgan fingerprint density at radius 1 is 1.50 bits per heavy atom. The smallest absolute Gasteiger partial charge is 0.0711 e. The average Bonchev–Trinajstić information content (AvgIpc) is 1.85. The van der Waals surface area contributed by atoms with Crippen molar-refractivity contribution >= 4 is 0 Å². The molecular formula is C5H13N3. The first-order valence-corrected chi connectivity index (χ1v) is 2.84. The van der Waals surface area contributed by atoms with Crippen LogP contribution in [0.4, 0.5) is 0 Å². The van der Waals surface area contributed by atoms with Crippen LogP contribution in [0.2, 0.25) is 0 Å². The van der Waals surface area contributed by atoms with E-state index in [1.165, 1.54) is 0 Å². The van der Waals surface area contributed by atoms with Crippen LogP contribution in [-0.2, 0) is 0 Å². The van der Waals surface area contributed by atoms with Gasteiger partial charge in [0, 0.05) is 6.54 Å². The Morgan fingerprint density at radius 3 is 2.25 bits per heavy atom. The van der Waals surface area contributed by atoms with Gasteiger partial charge in [-0.15, -0.1) is 0 Å². The van der Waals surface area contributed by atoms with E-state index in [9.17, 15) is 0 Å². The molecule has 0 aliphatic carbocycles. The summed E-state index contributed by atoms with van der Waals surface area (Å²) >= 11 is 0. The van der Waals surface area contributed by atoms with E-state index in [1.54, 1.807) is 0 Å². The fourth-order valence-corrected chi connectivity index (χ4v) is 1.00. The number of hydrogen-bond acceptors (Lipinski definition) is 3. The average molecular weight is 115 g/mol. The number of nitrogens with two attached hydrogens (primary N) is 1. The van der Waals surface area contributed by atoms with Crippen LogP contribution in [-0.4, -0.2) is 43.3 Å². The van der Waals surface area contributed by atoms with Gasteiger partial charge in [0.05, 0.1) is 12.8 Å². The molecule has 3 heteroatoms. The molecule has 0 radical (unpaired) electrons. The van der Waals surface area contributed by atoms with Crippen LogP contribution < -0.4 is 5.73 Å². The molecule has 0 bridgehead atoms. The number of rotatable bonds is 0. The van der Waals surface area contributed by atoms with Gasteiger partial charge >= 0.3 is 0 Å². The Kier molecular flexibility index (Phi) is 1.51. The van der Waals surface area contributed by atoms with Gasteiger partial charge in [-0.3, -0.25) is 9.80 Å². The molecule has 1 rings (SSSR count). The molecule has 1 aliphatic heterocycles. The molecule has 0 spiro atoms. The van der Waals surface area contributed by atoms with Crippen LogP contribution in [0.1, 0.15) is 0 Å². The van der Waals surface area contributed by atoms with Crippen molar-refractivity contribution in [3.8, 4) is 0 Å². The highest BCUT2D eigenvalue weighted by Gasteiger charge is 2.19. The zero-order valence-electron chi connectivity index (χ0n) is 5.46. The SMILES string of the molecule is CN1CC(N)N(C)C1. The van der Waals surface area contributed by atoms with E-state index in [2.05, 4.69) is 16.8 Å². The Balaban J connectivity index is 2.39. The quantitative estimate of drug-likeness (QED) is 0.444. The lowest BCUT2D eigenvalue weighted by Gasteiger charge is -2.10. The van der Waals surface area contributed by atoms with Crippen molar-refractivity contribution in [2.45, 2.75) is 6.17 Å². The molecule has 0 aromatic heterocycles. The Morgan fingerprint density at radius 2 is 2.12 bits per heavy atom. The van der Waals surface area contributed by atoms with Crippen LogP contribution in [0.5, 0.6) is 0 Å². The standard InChI is InChI=1S/C5H13N3/c1-7-3-5(6)8(2)4-7/h5H,3-4,6H2,1-2H3. The Hall–Kier alpha value is -0.120. The second-order valence-electron chi connectivity index (χ2n) is 2.50. The van der Waals surface area contributed by atoms with E-state index in [0.29, 0.717) is 0 Å². The van der Waals surface area contributed by atoms with Crippen molar-refractivity contribution in [2.75, 3.05) is 27.3 Å². The lowest BCUT2D eigenvalue weighted by atomic mass is 10.5. The molecule has 1 fully saturated rings. The van der Waals surface area contributed by atoms with Gasteiger partial charge in [-0.1, -0.05) is 0 Å². The molecule has 1 saturated heterocycles. The monoisotopic (exact) mass is 115 g/mol. The van der Waals surface area contributed by atoms with Gasteiger partial charge in [0.25, 0.3) is 0 Å². The molecule has 3 nitrogen and oxygen atoms in total. The van der Waals surface area contributed by atoms with E-state index in [1.807, 2.05) is 7.05 Å². The summed E-state index contributed by atoms with van der Waals surface area (Å²) in [6.07, 6.45) is 0.250. The van der Waals surface area contributed by atoms with Crippen molar-refractivity contribution in [3.05, 3.63) is 0 Å². The van der Waals surface area contributed by atoms with Gasteiger partial charge in [-0.25, -0.2) is 0 Å². The first kappa shape index (κ1) is 6.01. The van der Waals surface area contributed by atoms with E-state index < -0.39 is 0 Å². The fraction of sp³-hybridized carbons (Fsp3) is 1.00. The molecule has 2 N–H and O–H groups in total. The van der Waals surface area contributed by atoms with Crippen LogP contribution >= 0.6 is 0 Å². The third kappa shape index (κ3) is 0.992. The lowest BCUT2D eigenvalue weighted by molar-refractivity contribution is 0.288. The van der Waals surface area contributed by atoms with Gasteiger partial charge in [-0.2, -0.15) is 0 Å². The molecule has 0 aromatic carbocycles. The zero-order chi connectivity index (χ0) is 6.15. The maximum absolute atomic E-state index is 5.65. The molecule has 48 valence electrons. The number of hydrogen-bond donors (Lipinski definition) is 1. The van der Waals surface area contributed by atoms with E-state index in [0.717, 1.165) is 13.2 Å². The van der Waals surface area contributed by atoms with Gasteiger partial charge in [-0.05, 0) is 14.1 Å². The second kappa shape index (κ2) is 2.01.